The minimum absolute atomic E-state index is 0.757. The Morgan fingerprint density at radius 2 is 2.36 bits per heavy atom. The van der Waals surface area contributed by atoms with Gasteiger partial charge in [-0.25, -0.2) is 4.98 Å². The number of methoxy groups -OCH3 is 1. The lowest BCUT2D eigenvalue weighted by atomic mass is 10.1. The van der Waals surface area contributed by atoms with Crippen molar-refractivity contribution in [3.63, 3.8) is 0 Å². The van der Waals surface area contributed by atoms with Crippen LogP contribution in [0.25, 0.3) is 6.08 Å². The monoisotopic (exact) mass is 254 g/mol. The lowest BCUT2D eigenvalue weighted by molar-refractivity contribution is 0.404. The fourth-order valence-electron chi connectivity index (χ4n) is 1.46. The Labute approximate surface area is 91.5 Å². The Morgan fingerprint density at radius 1 is 1.57 bits per heavy atom. The third kappa shape index (κ3) is 1.62. The van der Waals surface area contributed by atoms with E-state index in [0.29, 0.717) is 0 Å². The normalized spacial score (nSPS) is 14.1. The van der Waals surface area contributed by atoms with Crippen LogP contribution in [0.15, 0.2) is 16.9 Å². The summed E-state index contributed by atoms with van der Waals surface area (Å²) < 4.78 is 5.95. The van der Waals surface area contributed by atoms with Crippen molar-refractivity contribution in [2.24, 2.45) is 0 Å². The van der Waals surface area contributed by atoms with Gasteiger partial charge in [0.1, 0.15) is 4.60 Å². The van der Waals surface area contributed by atoms with Gasteiger partial charge in [0, 0.05) is 25.4 Å². The van der Waals surface area contributed by atoms with E-state index in [1.165, 1.54) is 5.56 Å². The molecule has 2 rings (SSSR count). The number of rotatable bonds is 1. The van der Waals surface area contributed by atoms with Crippen molar-refractivity contribution < 1.29 is 4.74 Å². The largest absolute Gasteiger partial charge is 0.494 e. The van der Waals surface area contributed by atoms with Crippen LogP contribution in [-0.4, -0.2) is 24.0 Å². The molecule has 0 saturated carbocycles. The van der Waals surface area contributed by atoms with E-state index >= 15 is 0 Å². The first-order valence-electron chi connectivity index (χ1n) is 4.32. The maximum Gasteiger partial charge on any atom is 0.152 e. The maximum absolute atomic E-state index is 5.19. The Bertz CT molecular complexity index is 390. The molecule has 0 saturated heterocycles. The lowest BCUT2D eigenvalue weighted by Crippen LogP contribution is -2.15. The topological polar surface area (TPSA) is 25.4 Å². The quantitative estimate of drug-likeness (QED) is 0.720. The Hall–Kier alpha value is -1.03. The van der Waals surface area contributed by atoms with Crippen LogP contribution in [-0.2, 0) is 6.54 Å². The van der Waals surface area contributed by atoms with Gasteiger partial charge in [0.2, 0.25) is 0 Å². The maximum atomic E-state index is 5.19. The van der Waals surface area contributed by atoms with Gasteiger partial charge in [0.05, 0.1) is 12.8 Å². The van der Waals surface area contributed by atoms with E-state index in [4.69, 9.17) is 4.74 Å². The van der Waals surface area contributed by atoms with Crippen LogP contribution in [0, 0.1) is 0 Å². The van der Waals surface area contributed by atoms with Gasteiger partial charge < -0.3 is 9.64 Å². The van der Waals surface area contributed by atoms with Gasteiger partial charge in [-0.15, -0.1) is 0 Å². The fraction of sp³-hybridized carbons (Fsp3) is 0.300. The van der Waals surface area contributed by atoms with E-state index in [-0.39, 0.29) is 0 Å². The second-order valence-corrected chi connectivity index (χ2v) is 4.01. The summed E-state index contributed by atoms with van der Waals surface area (Å²) in [5.41, 5.74) is 2.20. The van der Waals surface area contributed by atoms with Gasteiger partial charge in [0.15, 0.2) is 5.75 Å². The van der Waals surface area contributed by atoms with E-state index in [9.17, 15) is 0 Å². The minimum atomic E-state index is 0.757. The number of nitrogens with zero attached hydrogens (tertiary/aromatic N) is 2. The van der Waals surface area contributed by atoms with Crippen LogP contribution < -0.4 is 4.74 Å². The number of hydrogen-bond acceptors (Lipinski definition) is 3. The van der Waals surface area contributed by atoms with Gasteiger partial charge in [-0.05, 0) is 28.1 Å². The van der Waals surface area contributed by atoms with Crippen molar-refractivity contribution in [3.05, 3.63) is 28.1 Å². The summed E-state index contributed by atoms with van der Waals surface area (Å²) >= 11 is 3.37. The molecule has 3 nitrogen and oxygen atoms in total. The average molecular weight is 255 g/mol. The van der Waals surface area contributed by atoms with Crippen LogP contribution in [0.5, 0.6) is 5.75 Å². The summed E-state index contributed by atoms with van der Waals surface area (Å²) in [6.07, 6.45) is 4.03. The van der Waals surface area contributed by atoms with Crippen molar-refractivity contribution in [2.45, 2.75) is 6.54 Å². The molecule has 1 aromatic rings. The van der Waals surface area contributed by atoms with Gasteiger partial charge >= 0.3 is 0 Å². The van der Waals surface area contributed by atoms with E-state index in [2.05, 4.69) is 25.8 Å². The molecule has 0 radical (unpaired) electrons. The molecule has 74 valence electrons. The van der Waals surface area contributed by atoms with Crippen molar-refractivity contribution in [3.8, 4) is 5.75 Å². The van der Waals surface area contributed by atoms with E-state index < -0.39 is 0 Å². The Morgan fingerprint density at radius 3 is 3.07 bits per heavy atom. The first-order valence-corrected chi connectivity index (χ1v) is 5.12. The lowest BCUT2D eigenvalue weighted by Gasteiger charge is -2.20. The van der Waals surface area contributed by atoms with Crippen LogP contribution in [0.4, 0.5) is 0 Å². The van der Waals surface area contributed by atoms with Crippen LogP contribution >= 0.6 is 15.9 Å². The average Bonchev–Trinajstić information content (AvgIpc) is 2.17. The third-order valence-electron chi connectivity index (χ3n) is 2.18. The van der Waals surface area contributed by atoms with Crippen molar-refractivity contribution >= 4 is 22.0 Å². The molecule has 1 aliphatic heterocycles. The molecular weight excluding hydrogens is 244 g/mol. The second kappa shape index (κ2) is 3.61. The summed E-state index contributed by atoms with van der Waals surface area (Å²) in [5, 5.41) is 0. The number of fused-ring (bicyclic) bond motifs is 1. The molecule has 0 bridgehead atoms. The second-order valence-electron chi connectivity index (χ2n) is 3.26. The molecule has 1 aromatic heterocycles. The Kier molecular flexibility index (Phi) is 2.46. The number of hydrogen-bond donors (Lipinski definition) is 0. The zero-order valence-electron chi connectivity index (χ0n) is 8.12. The Balaban J connectivity index is 2.48. The van der Waals surface area contributed by atoms with Crippen molar-refractivity contribution in [1.82, 2.24) is 9.88 Å². The third-order valence-corrected chi connectivity index (χ3v) is 2.75. The first-order chi connectivity index (χ1) is 6.70. The van der Waals surface area contributed by atoms with Crippen molar-refractivity contribution in [2.75, 3.05) is 14.2 Å². The first kappa shape index (κ1) is 9.52. The molecular formula is C10H11BrN2O. The molecule has 0 spiro atoms. The predicted octanol–water partition coefficient (Wildman–Crippen LogP) is 2.27. The highest BCUT2D eigenvalue weighted by molar-refractivity contribution is 9.10. The number of halogens is 1. The molecule has 14 heavy (non-hydrogen) atoms. The molecule has 0 aliphatic carbocycles. The van der Waals surface area contributed by atoms with E-state index in [0.717, 1.165) is 22.6 Å². The smallest absolute Gasteiger partial charge is 0.152 e. The van der Waals surface area contributed by atoms with Gasteiger partial charge in [-0.1, -0.05) is 0 Å². The van der Waals surface area contributed by atoms with Crippen LogP contribution in [0.1, 0.15) is 11.3 Å². The number of aromatic nitrogens is 1. The zero-order valence-corrected chi connectivity index (χ0v) is 9.71. The van der Waals surface area contributed by atoms with Crippen LogP contribution in [0.2, 0.25) is 0 Å². The van der Waals surface area contributed by atoms with Gasteiger partial charge in [-0.3, -0.25) is 0 Å². The van der Waals surface area contributed by atoms with E-state index in [1.807, 2.05) is 25.4 Å². The molecule has 0 atom stereocenters. The van der Waals surface area contributed by atoms with Crippen molar-refractivity contribution in [1.29, 1.82) is 0 Å². The van der Waals surface area contributed by atoms with Gasteiger partial charge in [0.25, 0.3) is 0 Å². The van der Waals surface area contributed by atoms with Gasteiger partial charge in [-0.2, -0.15) is 0 Å². The summed E-state index contributed by atoms with van der Waals surface area (Å²) in [4.78, 5) is 6.51. The molecule has 0 amide bonds. The molecule has 0 N–H and O–H groups in total. The molecule has 4 heteroatoms. The fourth-order valence-corrected chi connectivity index (χ4v) is 1.93. The summed E-state index contributed by atoms with van der Waals surface area (Å²) in [6, 6.07) is 2.02. The van der Waals surface area contributed by atoms with E-state index in [1.54, 1.807) is 7.11 Å². The SMILES string of the molecule is COc1cc2c(nc1Br)C=CN(C)C2. The summed E-state index contributed by atoms with van der Waals surface area (Å²) in [6.45, 7) is 0.877. The molecule has 1 aliphatic rings. The highest BCUT2D eigenvalue weighted by atomic mass is 79.9. The molecule has 0 aromatic carbocycles. The number of ether oxygens (including phenoxy) is 1. The summed E-state index contributed by atoms with van der Waals surface area (Å²) in [5.74, 6) is 0.785. The number of pyridine rings is 1. The predicted molar refractivity (Wildman–Crippen MR) is 59.0 cm³/mol. The highest BCUT2D eigenvalue weighted by Gasteiger charge is 2.12. The minimum Gasteiger partial charge on any atom is -0.494 e. The standard InChI is InChI=1S/C10H11BrN2O/c1-13-4-3-8-7(6-13)5-9(14-2)10(11)12-8/h3-5H,6H2,1-2H3. The molecule has 0 fully saturated rings. The molecule has 2 heterocycles. The molecule has 0 unspecified atom stereocenters. The summed E-state index contributed by atoms with van der Waals surface area (Å²) in [7, 11) is 3.69. The highest BCUT2D eigenvalue weighted by Crippen LogP contribution is 2.28. The van der Waals surface area contributed by atoms with Crippen LogP contribution in [0.3, 0.4) is 0 Å². The zero-order chi connectivity index (χ0) is 10.1.